The van der Waals surface area contributed by atoms with Gasteiger partial charge < -0.3 is 19.9 Å². The van der Waals surface area contributed by atoms with Crippen molar-refractivity contribution in [3.8, 4) is 0 Å². The van der Waals surface area contributed by atoms with Gasteiger partial charge in [0, 0.05) is 6.42 Å². The van der Waals surface area contributed by atoms with Gasteiger partial charge in [-0.1, -0.05) is 38.5 Å². The highest BCUT2D eigenvalue weighted by molar-refractivity contribution is 5.69. The van der Waals surface area contributed by atoms with Crippen LogP contribution in [0.5, 0.6) is 0 Å². The fourth-order valence-corrected chi connectivity index (χ4v) is 4.65. The van der Waals surface area contributed by atoms with Crippen LogP contribution < -0.4 is 5.32 Å². The van der Waals surface area contributed by atoms with E-state index in [2.05, 4.69) is 5.32 Å². The van der Waals surface area contributed by atoms with Crippen LogP contribution in [0.1, 0.15) is 85.5 Å². The molecule has 2 aliphatic rings. The summed E-state index contributed by atoms with van der Waals surface area (Å²) >= 11 is 0. The second-order valence-corrected chi connectivity index (χ2v) is 9.44. The number of amides is 1. The minimum Gasteiger partial charge on any atom is -0.444 e. The zero-order valence-electron chi connectivity index (χ0n) is 17.5. The normalized spacial score (nSPS) is 34.2. The number of hydrogen-bond acceptors (Lipinski definition) is 4. The molecule has 6 heteroatoms. The third kappa shape index (κ3) is 5.57. The van der Waals surface area contributed by atoms with Gasteiger partial charge in [-0.2, -0.15) is 0 Å². The second-order valence-electron chi connectivity index (χ2n) is 9.44. The first-order chi connectivity index (χ1) is 12.6. The quantitative estimate of drug-likeness (QED) is 0.748. The lowest BCUT2D eigenvalue weighted by Crippen LogP contribution is -2.73. The van der Waals surface area contributed by atoms with Crippen LogP contribution in [0.3, 0.4) is 0 Å². The van der Waals surface area contributed by atoms with Crippen molar-refractivity contribution in [3.05, 3.63) is 0 Å². The monoisotopic (exact) mass is 387 g/mol. The van der Waals surface area contributed by atoms with E-state index in [-0.39, 0.29) is 25.0 Å². The van der Waals surface area contributed by atoms with Gasteiger partial charge in [-0.15, -0.1) is 0 Å². The maximum atomic E-state index is 16.2. The van der Waals surface area contributed by atoms with Crippen LogP contribution in [0.15, 0.2) is 0 Å². The van der Waals surface area contributed by atoms with Gasteiger partial charge in [0.05, 0.1) is 19.3 Å². The molecule has 2 rings (SSSR count). The molecular formula is C21H38FNO4. The Balaban J connectivity index is 2.35. The molecule has 0 aromatic rings. The van der Waals surface area contributed by atoms with Crippen LogP contribution in [0, 0.1) is 5.92 Å². The Morgan fingerprint density at radius 2 is 1.74 bits per heavy atom. The lowest BCUT2D eigenvalue weighted by Gasteiger charge is -2.53. The average Bonchev–Trinajstić information content (AvgIpc) is 2.70. The maximum absolute atomic E-state index is 16.2. The fraction of sp³-hybridized carbons (Fsp3) is 0.952. The summed E-state index contributed by atoms with van der Waals surface area (Å²) in [5.41, 5.74) is -3.87. The number of carbonyl (C=O) groups is 1. The molecule has 27 heavy (non-hydrogen) atoms. The number of alkyl halides is 1. The zero-order chi connectivity index (χ0) is 20.1. The number of alkyl carbamates (subject to hydrolysis) is 1. The van der Waals surface area contributed by atoms with Crippen molar-refractivity contribution in [2.45, 2.75) is 108 Å². The summed E-state index contributed by atoms with van der Waals surface area (Å²) in [5, 5.41) is 12.9. The molecule has 0 spiro atoms. The third-order valence-electron chi connectivity index (χ3n) is 6.03. The number of nitrogens with one attached hydrogen (secondary N) is 1. The van der Waals surface area contributed by atoms with E-state index >= 15 is 4.39 Å². The number of halogens is 1. The molecule has 1 saturated carbocycles. The molecule has 1 saturated heterocycles. The summed E-state index contributed by atoms with van der Waals surface area (Å²) < 4.78 is 27.5. The topological polar surface area (TPSA) is 67.8 Å². The molecule has 2 fully saturated rings. The van der Waals surface area contributed by atoms with Crippen molar-refractivity contribution in [2.75, 3.05) is 13.2 Å². The maximum Gasteiger partial charge on any atom is 0.408 e. The Kier molecular flexibility index (Phi) is 7.54. The van der Waals surface area contributed by atoms with Crippen LogP contribution in [0.25, 0.3) is 0 Å². The number of ether oxygens (including phenoxy) is 2. The van der Waals surface area contributed by atoms with E-state index in [1.165, 1.54) is 12.8 Å². The summed E-state index contributed by atoms with van der Waals surface area (Å²) in [4.78, 5) is 12.6. The molecule has 1 aliphatic heterocycles. The average molecular weight is 388 g/mol. The molecule has 0 bridgehead atoms. The molecule has 0 unspecified atom stereocenters. The Bertz CT molecular complexity index is 485. The van der Waals surface area contributed by atoms with Crippen molar-refractivity contribution in [1.82, 2.24) is 5.32 Å². The summed E-state index contributed by atoms with van der Waals surface area (Å²) in [7, 11) is 0. The van der Waals surface area contributed by atoms with Crippen LogP contribution in [0.4, 0.5) is 9.18 Å². The first-order valence-electron chi connectivity index (χ1n) is 10.5. The highest BCUT2D eigenvalue weighted by atomic mass is 19.1. The Hall–Kier alpha value is -0.880. The SMILES string of the molecule is C[C@H]1C[C@@](F)(CO)[C@](NC(=O)OC(C)(C)C)(C2CCCCCCCC2)CO1. The van der Waals surface area contributed by atoms with Crippen molar-refractivity contribution in [1.29, 1.82) is 0 Å². The van der Waals surface area contributed by atoms with E-state index in [1.54, 1.807) is 20.8 Å². The number of rotatable bonds is 3. The van der Waals surface area contributed by atoms with Crippen LogP contribution >= 0.6 is 0 Å². The van der Waals surface area contributed by atoms with Crippen LogP contribution in [-0.4, -0.2) is 47.3 Å². The van der Waals surface area contributed by atoms with Gasteiger partial charge in [0.1, 0.15) is 11.1 Å². The molecule has 5 nitrogen and oxygen atoms in total. The van der Waals surface area contributed by atoms with Gasteiger partial charge in [0.25, 0.3) is 0 Å². The summed E-state index contributed by atoms with van der Waals surface area (Å²) in [6.07, 6.45) is 7.40. The Labute approximate surface area is 163 Å². The van der Waals surface area contributed by atoms with E-state index in [4.69, 9.17) is 9.47 Å². The van der Waals surface area contributed by atoms with Crippen molar-refractivity contribution >= 4 is 6.09 Å². The Morgan fingerprint density at radius 3 is 2.26 bits per heavy atom. The largest absolute Gasteiger partial charge is 0.444 e. The highest BCUT2D eigenvalue weighted by Crippen LogP contribution is 2.45. The first kappa shape index (κ1) is 22.4. The van der Waals surface area contributed by atoms with E-state index in [1.807, 2.05) is 6.92 Å². The molecule has 1 aliphatic carbocycles. The predicted molar refractivity (Wildman–Crippen MR) is 103 cm³/mol. The van der Waals surface area contributed by atoms with Gasteiger partial charge in [0.2, 0.25) is 0 Å². The molecule has 2 N–H and O–H groups in total. The molecule has 0 aromatic heterocycles. The Morgan fingerprint density at radius 1 is 1.19 bits per heavy atom. The number of carbonyl (C=O) groups excluding carboxylic acids is 1. The summed E-state index contributed by atoms with van der Waals surface area (Å²) in [6, 6.07) is 0. The molecule has 1 amide bonds. The predicted octanol–water partition coefficient (Wildman–Crippen LogP) is 4.51. The lowest BCUT2D eigenvalue weighted by atomic mass is 9.66. The smallest absolute Gasteiger partial charge is 0.408 e. The van der Waals surface area contributed by atoms with E-state index < -0.39 is 29.5 Å². The summed E-state index contributed by atoms with van der Waals surface area (Å²) in [5.74, 6) is -0.0900. The highest BCUT2D eigenvalue weighted by Gasteiger charge is 2.60. The van der Waals surface area contributed by atoms with Gasteiger partial charge in [-0.25, -0.2) is 9.18 Å². The van der Waals surface area contributed by atoms with E-state index in [0.717, 1.165) is 38.5 Å². The van der Waals surface area contributed by atoms with Crippen LogP contribution in [0.2, 0.25) is 0 Å². The molecule has 1 heterocycles. The molecule has 0 radical (unpaired) electrons. The first-order valence-corrected chi connectivity index (χ1v) is 10.5. The van der Waals surface area contributed by atoms with E-state index in [0.29, 0.717) is 0 Å². The van der Waals surface area contributed by atoms with Crippen molar-refractivity contribution in [2.24, 2.45) is 5.92 Å². The van der Waals surface area contributed by atoms with E-state index in [9.17, 15) is 9.90 Å². The molecule has 3 atom stereocenters. The lowest BCUT2D eigenvalue weighted by molar-refractivity contribution is -0.164. The second kappa shape index (κ2) is 9.08. The van der Waals surface area contributed by atoms with Gasteiger partial charge >= 0.3 is 6.09 Å². The molecule has 158 valence electrons. The summed E-state index contributed by atoms with van der Waals surface area (Å²) in [6.45, 7) is 6.60. The number of hydrogen-bond donors (Lipinski definition) is 2. The van der Waals surface area contributed by atoms with Gasteiger partial charge in [-0.05, 0) is 46.5 Å². The third-order valence-corrected chi connectivity index (χ3v) is 6.03. The molecule has 0 aromatic carbocycles. The number of aliphatic hydroxyl groups is 1. The standard InChI is InChI=1S/C21H38FNO4/c1-16-13-20(22,14-24)21(15-26-16,23-18(25)27-19(2,3)4)17-11-9-7-5-6-8-10-12-17/h16-17,24H,5-15H2,1-4H3,(H,23,25)/t16-,20+,21+/m0/s1. The van der Waals surface area contributed by atoms with Gasteiger partial charge in [-0.3, -0.25) is 0 Å². The zero-order valence-corrected chi connectivity index (χ0v) is 17.5. The van der Waals surface area contributed by atoms with Crippen molar-refractivity contribution in [3.63, 3.8) is 0 Å². The minimum atomic E-state index is -1.93. The van der Waals surface area contributed by atoms with Gasteiger partial charge in [0.15, 0.2) is 5.67 Å². The van der Waals surface area contributed by atoms with Crippen LogP contribution in [-0.2, 0) is 9.47 Å². The fourth-order valence-electron chi connectivity index (χ4n) is 4.65. The van der Waals surface area contributed by atoms with Crippen molar-refractivity contribution < 1.29 is 23.8 Å². The molecular weight excluding hydrogens is 349 g/mol. The number of aliphatic hydroxyl groups excluding tert-OH is 1. The minimum absolute atomic E-state index is 0.0646.